The van der Waals surface area contributed by atoms with Gasteiger partial charge in [0.1, 0.15) is 0 Å². The van der Waals surface area contributed by atoms with Crippen molar-refractivity contribution in [1.29, 1.82) is 0 Å². The van der Waals surface area contributed by atoms with Gasteiger partial charge in [0.05, 0.1) is 10.6 Å². The third kappa shape index (κ3) is 5.61. The molecule has 1 aromatic heterocycles. The highest BCUT2D eigenvalue weighted by Gasteiger charge is 2.22. The molecule has 2 heterocycles. The molecule has 1 N–H and O–H groups in total. The molecule has 1 amide bonds. The number of piperidine rings is 1. The third-order valence-corrected chi connectivity index (χ3v) is 8.17. The topological polar surface area (TPSA) is 97.2 Å². The Bertz CT molecular complexity index is 1230. The molecule has 1 aliphatic heterocycles. The monoisotopic (exact) mass is 499 g/mol. The van der Waals surface area contributed by atoms with Crippen LogP contribution in [0.1, 0.15) is 26.7 Å². The van der Waals surface area contributed by atoms with Gasteiger partial charge in [-0.15, -0.1) is 10.2 Å². The zero-order valence-corrected chi connectivity index (χ0v) is 21.0. The lowest BCUT2D eigenvalue weighted by molar-refractivity contribution is -0.130. The largest absolute Gasteiger partial charge is 0.342 e. The second-order valence-corrected chi connectivity index (χ2v) is 11.0. The summed E-state index contributed by atoms with van der Waals surface area (Å²) in [6.07, 6.45) is 2.24. The summed E-state index contributed by atoms with van der Waals surface area (Å²) in [6.45, 7) is 6.50. The first-order chi connectivity index (χ1) is 16.4. The fourth-order valence-electron chi connectivity index (χ4n) is 4.03. The predicted octanol–water partition coefficient (Wildman–Crippen LogP) is 4.12. The Morgan fingerprint density at radius 3 is 2.53 bits per heavy atom. The van der Waals surface area contributed by atoms with E-state index in [1.165, 1.54) is 18.2 Å². The maximum atomic E-state index is 12.6. The van der Waals surface area contributed by atoms with Crippen LogP contribution in [0, 0.1) is 5.92 Å². The summed E-state index contributed by atoms with van der Waals surface area (Å²) in [4.78, 5) is 14.8. The van der Waals surface area contributed by atoms with Crippen LogP contribution in [0.2, 0.25) is 0 Å². The van der Waals surface area contributed by atoms with E-state index in [1.54, 1.807) is 42.5 Å². The number of rotatable bonds is 8. The average molecular weight is 500 g/mol. The molecule has 0 bridgehead atoms. The molecule has 1 fully saturated rings. The lowest BCUT2D eigenvalue weighted by Crippen LogP contribution is -2.40. The highest BCUT2D eigenvalue weighted by Crippen LogP contribution is 2.26. The fourth-order valence-corrected chi connectivity index (χ4v) is 6.01. The molecular weight excluding hydrogens is 470 g/mol. The van der Waals surface area contributed by atoms with Crippen molar-refractivity contribution in [2.24, 2.45) is 5.92 Å². The van der Waals surface area contributed by atoms with Gasteiger partial charge in [-0.1, -0.05) is 36.9 Å². The number of hydrogen-bond donors (Lipinski definition) is 1. The number of hydrogen-bond acceptors (Lipinski definition) is 6. The van der Waals surface area contributed by atoms with Crippen LogP contribution < -0.4 is 4.72 Å². The van der Waals surface area contributed by atoms with E-state index < -0.39 is 10.0 Å². The molecule has 8 nitrogen and oxygen atoms in total. The Morgan fingerprint density at radius 1 is 1.12 bits per heavy atom. The van der Waals surface area contributed by atoms with Gasteiger partial charge in [0.15, 0.2) is 11.0 Å². The van der Waals surface area contributed by atoms with Gasteiger partial charge < -0.3 is 9.47 Å². The highest BCUT2D eigenvalue weighted by atomic mass is 32.2. The Morgan fingerprint density at radius 2 is 1.85 bits per heavy atom. The zero-order chi connectivity index (χ0) is 24.1. The van der Waals surface area contributed by atoms with E-state index in [-0.39, 0.29) is 10.8 Å². The lowest BCUT2D eigenvalue weighted by atomic mass is 10.0. The average Bonchev–Trinajstić information content (AvgIpc) is 3.26. The van der Waals surface area contributed by atoms with Gasteiger partial charge in [0.2, 0.25) is 5.91 Å². The number of nitrogens with zero attached hydrogens (tertiary/aromatic N) is 4. The van der Waals surface area contributed by atoms with Crippen LogP contribution >= 0.6 is 11.8 Å². The van der Waals surface area contributed by atoms with E-state index in [4.69, 9.17) is 0 Å². The summed E-state index contributed by atoms with van der Waals surface area (Å²) < 4.78 is 29.7. The van der Waals surface area contributed by atoms with Crippen molar-refractivity contribution in [3.8, 4) is 11.4 Å². The molecule has 2 aromatic carbocycles. The summed E-state index contributed by atoms with van der Waals surface area (Å²) in [7, 11) is -3.65. The van der Waals surface area contributed by atoms with E-state index in [1.807, 2.05) is 28.5 Å². The van der Waals surface area contributed by atoms with Crippen molar-refractivity contribution in [3.63, 3.8) is 0 Å². The first-order valence-corrected chi connectivity index (χ1v) is 13.9. The van der Waals surface area contributed by atoms with Crippen LogP contribution in [0.3, 0.4) is 0 Å². The molecule has 0 spiro atoms. The van der Waals surface area contributed by atoms with Crippen LogP contribution in [-0.2, 0) is 21.4 Å². The molecule has 1 unspecified atom stereocenters. The van der Waals surface area contributed by atoms with E-state index in [2.05, 4.69) is 21.8 Å². The molecule has 3 aromatic rings. The molecule has 1 atom stereocenters. The molecule has 0 saturated carbocycles. The number of thioether (sulfide) groups is 1. The molecule has 34 heavy (non-hydrogen) atoms. The minimum absolute atomic E-state index is 0.138. The molecule has 1 saturated heterocycles. The number of nitrogens with one attached hydrogen (secondary N) is 1. The Labute approximate surface area is 204 Å². The second kappa shape index (κ2) is 10.6. The number of amides is 1. The summed E-state index contributed by atoms with van der Waals surface area (Å²) in [5.41, 5.74) is 1.28. The second-order valence-electron chi connectivity index (χ2n) is 8.42. The summed E-state index contributed by atoms with van der Waals surface area (Å²) in [6, 6.07) is 15.3. The Balaban J connectivity index is 1.44. The van der Waals surface area contributed by atoms with Crippen molar-refractivity contribution in [3.05, 3.63) is 54.6 Å². The van der Waals surface area contributed by atoms with Crippen molar-refractivity contribution in [2.45, 2.75) is 43.3 Å². The van der Waals surface area contributed by atoms with Gasteiger partial charge in [0.25, 0.3) is 10.0 Å². The smallest absolute Gasteiger partial charge is 0.261 e. The summed E-state index contributed by atoms with van der Waals surface area (Å²) in [5.74, 6) is 1.71. The van der Waals surface area contributed by atoms with Gasteiger partial charge >= 0.3 is 0 Å². The fraction of sp³-hybridized carbons (Fsp3) is 0.375. The van der Waals surface area contributed by atoms with E-state index in [9.17, 15) is 13.2 Å². The SMILES string of the molecule is CCn1c(SCC(=O)N2CCCC(C)C2)nnc1-c1ccc(NS(=O)(=O)c2ccccc2)cc1. The lowest BCUT2D eigenvalue weighted by Gasteiger charge is -2.30. The quantitative estimate of drug-likeness (QED) is 0.469. The number of aromatic nitrogens is 3. The van der Waals surface area contributed by atoms with Crippen molar-refractivity contribution in [2.75, 3.05) is 23.6 Å². The number of benzene rings is 2. The Kier molecular flexibility index (Phi) is 7.57. The molecule has 0 radical (unpaired) electrons. The van der Waals surface area contributed by atoms with E-state index >= 15 is 0 Å². The minimum atomic E-state index is -3.65. The van der Waals surface area contributed by atoms with Crippen molar-refractivity contribution >= 4 is 33.4 Å². The first kappa shape index (κ1) is 24.3. The standard InChI is InChI=1S/C24H29N5O3S2/c1-3-29-23(25-26-24(29)33-17-22(30)28-15-7-8-18(2)16-28)19-11-13-20(14-12-19)27-34(31,32)21-9-5-4-6-10-21/h4-6,9-14,18,27H,3,7-8,15-17H2,1-2H3. The van der Waals surface area contributed by atoms with Crippen LogP contribution in [0.4, 0.5) is 5.69 Å². The molecule has 0 aliphatic carbocycles. The first-order valence-electron chi connectivity index (χ1n) is 11.4. The Hall–Kier alpha value is -2.85. The highest BCUT2D eigenvalue weighted by molar-refractivity contribution is 7.99. The van der Waals surface area contributed by atoms with Crippen molar-refractivity contribution < 1.29 is 13.2 Å². The van der Waals surface area contributed by atoms with Gasteiger partial charge in [-0.2, -0.15) is 0 Å². The van der Waals surface area contributed by atoms with E-state index in [0.29, 0.717) is 34.9 Å². The predicted molar refractivity (Wildman–Crippen MR) is 134 cm³/mol. The number of sulfonamides is 1. The number of anilines is 1. The number of carbonyl (C=O) groups is 1. The van der Waals surface area contributed by atoms with Gasteiger partial charge in [-0.3, -0.25) is 9.52 Å². The summed E-state index contributed by atoms with van der Waals surface area (Å²) >= 11 is 1.41. The normalized spacial score (nSPS) is 16.4. The zero-order valence-electron chi connectivity index (χ0n) is 19.3. The maximum absolute atomic E-state index is 12.6. The van der Waals surface area contributed by atoms with E-state index in [0.717, 1.165) is 25.1 Å². The van der Waals surface area contributed by atoms with Gasteiger partial charge in [-0.25, -0.2) is 8.42 Å². The van der Waals surface area contributed by atoms with Crippen molar-refractivity contribution in [1.82, 2.24) is 19.7 Å². The van der Waals surface area contributed by atoms with Gasteiger partial charge in [-0.05, 0) is 62.1 Å². The van der Waals surface area contributed by atoms with Crippen LogP contribution in [0.5, 0.6) is 0 Å². The molecule has 180 valence electrons. The van der Waals surface area contributed by atoms with Crippen LogP contribution in [-0.4, -0.2) is 52.8 Å². The maximum Gasteiger partial charge on any atom is 0.261 e. The molecular formula is C24H29N5O3S2. The third-order valence-electron chi connectivity index (χ3n) is 5.82. The molecule has 10 heteroatoms. The summed E-state index contributed by atoms with van der Waals surface area (Å²) in [5, 5.41) is 9.35. The minimum Gasteiger partial charge on any atom is -0.342 e. The van der Waals surface area contributed by atoms with Crippen LogP contribution in [0.15, 0.2) is 64.6 Å². The molecule has 4 rings (SSSR count). The number of likely N-dealkylation sites (tertiary alicyclic amines) is 1. The molecule has 1 aliphatic rings. The van der Waals surface area contributed by atoms with Gasteiger partial charge in [0, 0.05) is 30.9 Å². The number of carbonyl (C=O) groups excluding carboxylic acids is 1. The van der Waals surface area contributed by atoms with Crippen LogP contribution in [0.25, 0.3) is 11.4 Å².